The van der Waals surface area contributed by atoms with Gasteiger partial charge in [0.2, 0.25) is 0 Å². The fourth-order valence-corrected chi connectivity index (χ4v) is 3.63. The van der Waals surface area contributed by atoms with Gasteiger partial charge in [-0.1, -0.05) is 51.3 Å². The summed E-state index contributed by atoms with van der Waals surface area (Å²) in [6.07, 6.45) is -4.57. The Morgan fingerprint density at radius 3 is 2.28 bits per heavy atom. The van der Waals surface area contributed by atoms with Gasteiger partial charge in [-0.3, -0.25) is 0 Å². The van der Waals surface area contributed by atoms with Gasteiger partial charge in [-0.05, 0) is 43.3 Å². The van der Waals surface area contributed by atoms with Crippen LogP contribution in [-0.4, -0.2) is 14.8 Å². The van der Waals surface area contributed by atoms with Crippen molar-refractivity contribution >= 4 is 50.2 Å². The van der Waals surface area contributed by atoms with Crippen molar-refractivity contribution in [3.63, 3.8) is 0 Å². The molecule has 0 atom stereocenters. The van der Waals surface area contributed by atoms with Crippen LogP contribution in [0.15, 0.2) is 53.0 Å². The number of pyridine rings is 1. The van der Waals surface area contributed by atoms with Crippen molar-refractivity contribution in [1.82, 2.24) is 14.8 Å². The monoisotopic (exact) mass is 499 g/mol. The summed E-state index contributed by atoms with van der Waals surface area (Å²) in [6.45, 7) is 1.52. The van der Waals surface area contributed by atoms with Crippen LogP contribution in [0.3, 0.4) is 0 Å². The van der Waals surface area contributed by atoms with Gasteiger partial charge in [0.15, 0.2) is 5.65 Å². The molecular weight excluding hydrogens is 490 g/mol. The third-order valence-corrected chi connectivity index (χ3v) is 5.67. The first kappa shape index (κ1) is 20.2. The number of fused-ring (bicyclic) bond motifs is 1. The maximum Gasteiger partial charge on any atom is 0.417 e. The summed E-state index contributed by atoms with van der Waals surface area (Å²) in [5.41, 5.74) is 0.732. The number of hydrogen-bond acceptors (Lipinski definition) is 2. The van der Waals surface area contributed by atoms with Crippen LogP contribution in [0.5, 0.6) is 0 Å². The van der Waals surface area contributed by atoms with Crippen molar-refractivity contribution in [2.45, 2.75) is 13.1 Å². The number of rotatable bonds is 2. The molecule has 0 aliphatic rings. The summed E-state index contributed by atoms with van der Waals surface area (Å²) in [6, 6.07) is 12.7. The molecule has 0 aliphatic heterocycles. The maximum atomic E-state index is 13.9. The smallest absolute Gasteiger partial charge is 0.228 e. The molecule has 0 spiro atoms. The van der Waals surface area contributed by atoms with Gasteiger partial charge in [-0.15, -0.1) is 0 Å². The average molecular weight is 501 g/mol. The first-order valence-corrected chi connectivity index (χ1v) is 9.89. The second-order valence-corrected chi connectivity index (χ2v) is 8.08. The molecule has 0 saturated carbocycles. The van der Waals surface area contributed by atoms with E-state index in [9.17, 15) is 13.2 Å². The Hall–Kier alpha value is -2.09. The summed E-state index contributed by atoms with van der Waals surface area (Å²) in [7, 11) is 0. The van der Waals surface area contributed by atoms with Gasteiger partial charge in [0.05, 0.1) is 38.1 Å². The number of halogens is 6. The topological polar surface area (TPSA) is 30.7 Å². The summed E-state index contributed by atoms with van der Waals surface area (Å²) in [5, 5.41) is 4.85. The van der Waals surface area contributed by atoms with Crippen LogP contribution in [0.4, 0.5) is 13.2 Å². The van der Waals surface area contributed by atoms with Crippen molar-refractivity contribution in [3.8, 4) is 16.9 Å². The van der Waals surface area contributed by atoms with Crippen molar-refractivity contribution in [2.75, 3.05) is 0 Å². The Morgan fingerprint density at radius 1 is 0.966 bits per heavy atom. The molecular formula is C20H11BrCl2F3N3. The highest BCUT2D eigenvalue weighted by atomic mass is 79.9. The number of aromatic nitrogens is 3. The van der Waals surface area contributed by atoms with Gasteiger partial charge in [-0.2, -0.15) is 18.3 Å². The Morgan fingerprint density at radius 2 is 1.66 bits per heavy atom. The lowest BCUT2D eigenvalue weighted by molar-refractivity contribution is -0.136. The van der Waals surface area contributed by atoms with Crippen LogP contribution >= 0.6 is 39.1 Å². The van der Waals surface area contributed by atoms with Gasteiger partial charge in [0, 0.05) is 10.0 Å². The minimum absolute atomic E-state index is 0.0514. The molecule has 9 heteroatoms. The molecule has 0 aliphatic carbocycles. The number of hydrogen-bond donors (Lipinski definition) is 0. The standard InChI is InChI=1S/C20H11BrCl2F3N3/c1-10-18-14(20(24,25)26)9-17(11-2-4-12(21)5-3-11)27-19(18)29(28-10)13-6-7-15(22)16(23)8-13/h2-9H,1H3. The van der Waals surface area contributed by atoms with Gasteiger partial charge in [0.25, 0.3) is 0 Å². The quantitative estimate of drug-likeness (QED) is 0.285. The fraction of sp³-hybridized carbons (Fsp3) is 0.100. The summed E-state index contributed by atoms with van der Waals surface area (Å²) in [5.74, 6) is 0. The minimum atomic E-state index is -4.57. The Kier molecular flexibility index (Phi) is 5.09. The first-order valence-electron chi connectivity index (χ1n) is 8.34. The zero-order valence-electron chi connectivity index (χ0n) is 14.7. The van der Waals surface area contributed by atoms with Crippen LogP contribution < -0.4 is 0 Å². The molecule has 0 radical (unpaired) electrons. The molecule has 0 saturated heterocycles. The van der Waals surface area contributed by atoms with Crippen LogP contribution in [0, 0.1) is 6.92 Å². The van der Waals surface area contributed by atoms with E-state index in [0.29, 0.717) is 16.3 Å². The van der Waals surface area contributed by atoms with Gasteiger partial charge < -0.3 is 0 Å². The number of benzene rings is 2. The van der Waals surface area contributed by atoms with E-state index in [1.54, 1.807) is 36.4 Å². The molecule has 4 rings (SSSR count). The van der Waals surface area contributed by atoms with E-state index in [1.165, 1.54) is 17.7 Å². The predicted octanol–water partition coefficient (Wildman–Crippen LogP) is 7.48. The zero-order valence-corrected chi connectivity index (χ0v) is 17.8. The molecule has 148 valence electrons. The van der Waals surface area contributed by atoms with E-state index in [1.807, 2.05) is 0 Å². The van der Waals surface area contributed by atoms with E-state index >= 15 is 0 Å². The van der Waals surface area contributed by atoms with Gasteiger partial charge >= 0.3 is 6.18 Å². The van der Waals surface area contributed by atoms with Gasteiger partial charge in [-0.25, -0.2) is 9.67 Å². The lowest BCUT2D eigenvalue weighted by Gasteiger charge is -2.12. The largest absolute Gasteiger partial charge is 0.417 e. The second kappa shape index (κ2) is 7.31. The highest BCUT2D eigenvalue weighted by molar-refractivity contribution is 9.10. The molecule has 4 aromatic rings. The molecule has 29 heavy (non-hydrogen) atoms. The van der Waals surface area contributed by atoms with E-state index in [0.717, 1.165) is 10.5 Å². The average Bonchev–Trinajstić information content (AvgIpc) is 3.00. The van der Waals surface area contributed by atoms with Crippen molar-refractivity contribution < 1.29 is 13.2 Å². The third-order valence-electron chi connectivity index (χ3n) is 4.41. The molecule has 2 aromatic heterocycles. The maximum absolute atomic E-state index is 13.9. The molecule has 3 nitrogen and oxygen atoms in total. The fourth-order valence-electron chi connectivity index (χ4n) is 3.08. The molecule has 0 bridgehead atoms. The number of alkyl halides is 3. The second-order valence-electron chi connectivity index (χ2n) is 6.35. The van der Waals surface area contributed by atoms with Crippen molar-refractivity contribution in [1.29, 1.82) is 0 Å². The lowest BCUT2D eigenvalue weighted by atomic mass is 10.1. The Bertz CT molecular complexity index is 1230. The molecule has 0 unspecified atom stereocenters. The van der Waals surface area contributed by atoms with Crippen molar-refractivity contribution in [3.05, 3.63) is 74.3 Å². The van der Waals surface area contributed by atoms with Crippen LogP contribution in [0.2, 0.25) is 10.0 Å². The minimum Gasteiger partial charge on any atom is -0.228 e. The summed E-state index contributed by atoms with van der Waals surface area (Å²) >= 11 is 15.4. The highest BCUT2D eigenvalue weighted by Crippen LogP contribution is 2.39. The Balaban J connectivity index is 2.05. The number of nitrogens with zero attached hydrogens (tertiary/aromatic N) is 3. The predicted molar refractivity (Wildman–Crippen MR) is 112 cm³/mol. The summed E-state index contributed by atoms with van der Waals surface area (Å²) in [4.78, 5) is 4.51. The molecule has 0 amide bonds. The zero-order chi connectivity index (χ0) is 20.9. The highest BCUT2D eigenvalue weighted by Gasteiger charge is 2.35. The van der Waals surface area contributed by atoms with Crippen LogP contribution in [0.25, 0.3) is 28.0 Å². The van der Waals surface area contributed by atoms with E-state index < -0.39 is 11.7 Å². The summed E-state index contributed by atoms with van der Waals surface area (Å²) < 4.78 is 43.8. The SMILES string of the molecule is Cc1nn(-c2ccc(Cl)c(Cl)c2)c2nc(-c3ccc(Br)cc3)cc(C(F)(F)F)c12. The van der Waals surface area contributed by atoms with Crippen LogP contribution in [-0.2, 0) is 6.18 Å². The first-order chi connectivity index (χ1) is 13.6. The molecule has 0 fully saturated rings. The van der Waals surface area contributed by atoms with Gasteiger partial charge in [0.1, 0.15) is 0 Å². The molecule has 2 heterocycles. The van der Waals surface area contributed by atoms with E-state index in [2.05, 4.69) is 26.0 Å². The third kappa shape index (κ3) is 3.74. The number of aryl methyl sites for hydroxylation is 1. The Labute approximate surface area is 182 Å². The van der Waals surface area contributed by atoms with Crippen molar-refractivity contribution in [2.24, 2.45) is 0 Å². The van der Waals surface area contributed by atoms with E-state index in [4.69, 9.17) is 23.2 Å². The van der Waals surface area contributed by atoms with E-state index in [-0.39, 0.29) is 27.4 Å². The van der Waals surface area contributed by atoms with Crippen LogP contribution in [0.1, 0.15) is 11.3 Å². The molecule has 0 N–H and O–H groups in total. The normalized spacial score (nSPS) is 12.0. The molecule has 2 aromatic carbocycles. The lowest BCUT2D eigenvalue weighted by Crippen LogP contribution is -2.08.